The third-order valence-corrected chi connectivity index (χ3v) is 7.03. The first-order valence-electron chi connectivity index (χ1n) is 10.3. The lowest BCUT2D eigenvalue weighted by Crippen LogP contribution is -2.35. The zero-order valence-corrected chi connectivity index (χ0v) is 17.8. The average molecular weight is 437 g/mol. The van der Waals surface area contributed by atoms with Crippen molar-refractivity contribution < 1.29 is 17.9 Å². The summed E-state index contributed by atoms with van der Waals surface area (Å²) >= 11 is 0. The van der Waals surface area contributed by atoms with Gasteiger partial charge in [-0.3, -0.25) is 4.79 Å². The molecule has 1 fully saturated rings. The largest absolute Gasteiger partial charge is 0.457 e. The summed E-state index contributed by atoms with van der Waals surface area (Å²) in [5.74, 6) is 1.01. The molecule has 3 aromatic rings. The van der Waals surface area contributed by atoms with Crippen LogP contribution in [0.25, 0.3) is 0 Å². The number of nitrogens with one attached hydrogen (secondary N) is 1. The summed E-state index contributed by atoms with van der Waals surface area (Å²) in [5.41, 5.74) is 0.886. The van der Waals surface area contributed by atoms with Crippen LogP contribution in [0.3, 0.4) is 0 Å². The summed E-state index contributed by atoms with van der Waals surface area (Å²) < 4.78 is 33.0. The van der Waals surface area contributed by atoms with Crippen LogP contribution in [-0.2, 0) is 10.0 Å². The first-order chi connectivity index (χ1) is 15.0. The maximum absolute atomic E-state index is 12.9. The second kappa shape index (κ2) is 9.32. The number of para-hydroxylation sites is 1. The number of amides is 1. The second-order valence-electron chi connectivity index (χ2n) is 7.39. The van der Waals surface area contributed by atoms with E-state index in [4.69, 9.17) is 4.74 Å². The van der Waals surface area contributed by atoms with E-state index < -0.39 is 10.0 Å². The van der Waals surface area contributed by atoms with Crippen molar-refractivity contribution in [3.8, 4) is 11.5 Å². The van der Waals surface area contributed by atoms with Crippen LogP contribution >= 0.6 is 0 Å². The Bertz CT molecular complexity index is 1140. The predicted octanol–water partition coefficient (Wildman–Crippen LogP) is 4.91. The molecule has 7 heteroatoms. The summed E-state index contributed by atoms with van der Waals surface area (Å²) in [6, 6.07) is 22.6. The van der Waals surface area contributed by atoms with Crippen LogP contribution in [0.1, 0.15) is 29.6 Å². The lowest BCUT2D eigenvalue weighted by molar-refractivity contribution is 0.102. The fourth-order valence-corrected chi connectivity index (χ4v) is 5.05. The van der Waals surface area contributed by atoms with E-state index in [0.717, 1.165) is 25.0 Å². The van der Waals surface area contributed by atoms with E-state index in [9.17, 15) is 13.2 Å². The van der Waals surface area contributed by atoms with Crippen LogP contribution in [-0.4, -0.2) is 31.7 Å². The molecule has 3 aromatic carbocycles. The van der Waals surface area contributed by atoms with Gasteiger partial charge in [-0.15, -0.1) is 0 Å². The summed E-state index contributed by atoms with van der Waals surface area (Å²) in [6.45, 7) is 1.05. The van der Waals surface area contributed by atoms with Crippen LogP contribution in [0.15, 0.2) is 83.8 Å². The van der Waals surface area contributed by atoms with E-state index in [0.29, 0.717) is 30.1 Å². The number of sulfonamides is 1. The Kier molecular flexibility index (Phi) is 6.34. The summed E-state index contributed by atoms with van der Waals surface area (Å²) in [7, 11) is -3.59. The quantitative estimate of drug-likeness (QED) is 0.596. The molecule has 0 spiro atoms. The van der Waals surface area contributed by atoms with Crippen molar-refractivity contribution in [3.63, 3.8) is 0 Å². The minimum absolute atomic E-state index is 0.147. The molecule has 31 heavy (non-hydrogen) atoms. The van der Waals surface area contributed by atoms with Crippen molar-refractivity contribution in [2.45, 2.75) is 24.2 Å². The molecule has 1 aliphatic heterocycles. The molecule has 0 bridgehead atoms. The molecule has 0 aromatic heterocycles. The van der Waals surface area contributed by atoms with Crippen LogP contribution in [0.4, 0.5) is 5.69 Å². The zero-order valence-electron chi connectivity index (χ0n) is 17.0. The van der Waals surface area contributed by atoms with Crippen molar-refractivity contribution >= 4 is 21.6 Å². The highest BCUT2D eigenvalue weighted by Crippen LogP contribution is 2.24. The molecule has 0 unspecified atom stereocenters. The van der Waals surface area contributed by atoms with Crippen LogP contribution < -0.4 is 10.1 Å². The molecule has 1 heterocycles. The Morgan fingerprint density at radius 1 is 0.806 bits per heavy atom. The zero-order chi connectivity index (χ0) is 21.7. The van der Waals surface area contributed by atoms with Crippen molar-refractivity contribution in [2.75, 3.05) is 18.4 Å². The number of carbonyl (C=O) groups is 1. The third-order valence-electron chi connectivity index (χ3n) is 5.14. The second-order valence-corrected chi connectivity index (χ2v) is 9.32. The van der Waals surface area contributed by atoms with Gasteiger partial charge in [0.2, 0.25) is 10.0 Å². The highest BCUT2D eigenvalue weighted by molar-refractivity contribution is 7.89. The van der Waals surface area contributed by atoms with E-state index in [1.54, 1.807) is 36.4 Å². The summed E-state index contributed by atoms with van der Waals surface area (Å²) in [4.78, 5) is 12.8. The Morgan fingerprint density at radius 2 is 1.48 bits per heavy atom. The SMILES string of the molecule is O=C(Nc1ccc(Oc2ccccc2)cc1)c1cccc(S(=O)(=O)N2CCCCC2)c1. The average Bonchev–Trinajstić information content (AvgIpc) is 2.82. The van der Waals surface area contributed by atoms with Gasteiger partial charge in [-0.05, 0) is 67.4 Å². The minimum Gasteiger partial charge on any atom is -0.457 e. The van der Waals surface area contributed by atoms with E-state index in [1.807, 2.05) is 30.3 Å². The third kappa shape index (κ3) is 5.13. The Balaban J connectivity index is 1.44. The van der Waals surface area contributed by atoms with Gasteiger partial charge in [-0.1, -0.05) is 30.7 Å². The standard InChI is InChI=1S/C24H24N2O4S/c27-24(25-20-12-14-22(15-13-20)30-21-9-3-1-4-10-21)19-8-7-11-23(18-19)31(28,29)26-16-5-2-6-17-26/h1,3-4,7-15,18H,2,5-6,16-17H2,(H,25,27). The number of nitrogens with zero attached hydrogens (tertiary/aromatic N) is 1. The van der Waals surface area contributed by atoms with Gasteiger partial charge in [0.05, 0.1) is 4.90 Å². The highest BCUT2D eigenvalue weighted by atomic mass is 32.2. The van der Waals surface area contributed by atoms with Crippen molar-refractivity contribution in [2.24, 2.45) is 0 Å². The summed E-state index contributed by atoms with van der Waals surface area (Å²) in [6.07, 6.45) is 2.77. The van der Waals surface area contributed by atoms with Crippen molar-refractivity contribution in [3.05, 3.63) is 84.4 Å². The normalized spacial score (nSPS) is 14.7. The van der Waals surface area contributed by atoms with Crippen molar-refractivity contribution in [1.82, 2.24) is 4.31 Å². The molecule has 0 aliphatic carbocycles. The van der Waals surface area contributed by atoms with E-state index in [1.165, 1.54) is 16.4 Å². The monoisotopic (exact) mass is 436 g/mol. The number of ether oxygens (including phenoxy) is 1. The first kappa shape index (κ1) is 21.1. The van der Waals surface area contributed by atoms with Crippen LogP contribution in [0, 0.1) is 0 Å². The van der Waals surface area contributed by atoms with Crippen LogP contribution in [0.5, 0.6) is 11.5 Å². The molecule has 0 radical (unpaired) electrons. The van der Waals surface area contributed by atoms with Gasteiger partial charge < -0.3 is 10.1 Å². The molecule has 4 rings (SSSR count). The van der Waals surface area contributed by atoms with Crippen LogP contribution in [0.2, 0.25) is 0 Å². The number of anilines is 1. The van der Waals surface area contributed by atoms with E-state index in [-0.39, 0.29) is 10.8 Å². The minimum atomic E-state index is -3.59. The topological polar surface area (TPSA) is 75.7 Å². The van der Waals surface area contributed by atoms with Gasteiger partial charge in [0.1, 0.15) is 11.5 Å². The molecule has 1 amide bonds. The number of carbonyl (C=O) groups excluding carboxylic acids is 1. The van der Waals surface area contributed by atoms with Gasteiger partial charge in [-0.25, -0.2) is 8.42 Å². The molecule has 0 atom stereocenters. The van der Waals surface area contributed by atoms with Crippen molar-refractivity contribution in [1.29, 1.82) is 0 Å². The maximum Gasteiger partial charge on any atom is 0.255 e. The molecular weight excluding hydrogens is 412 g/mol. The van der Waals surface area contributed by atoms with Gasteiger partial charge in [-0.2, -0.15) is 4.31 Å². The molecule has 160 valence electrons. The van der Waals surface area contributed by atoms with E-state index >= 15 is 0 Å². The number of hydrogen-bond donors (Lipinski definition) is 1. The fraction of sp³-hybridized carbons (Fsp3) is 0.208. The van der Waals surface area contributed by atoms with Gasteiger partial charge in [0.15, 0.2) is 0 Å². The lowest BCUT2D eigenvalue weighted by atomic mass is 10.2. The molecule has 1 N–H and O–H groups in total. The maximum atomic E-state index is 12.9. The summed E-state index contributed by atoms with van der Waals surface area (Å²) in [5, 5.41) is 2.80. The Labute approximate surface area is 182 Å². The van der Waals surface area contributed by atoms with Gasteiger partial charge >= 0.3 is 0 Å². The molecule has 1 aliphatic rings. The van der Waals surface area contributed by atoms with Gasteiger partial charge in [0.25, 0.3) is 5.91 Å². The molecule has 1 saturated heterocycles. The fourth-order valence-electron chi connectivity index (χ4n) is 3.49. The molecule has 0 saturated carbocycles. The number of benzene rings is 3. The molecule has 6 nitrogen and oxygen atoms in total. The smallest absolute Gasteiger partial charge is 0.255 e. The predicted molar refractivity (Wildman–Crippen MR) is 120 cm³/mol. The first-order valence-corrected chi connectivity index (χ1v) is 11.7. The lowest BCUT2D eigenvalue weighted by Gasteiger charge is -2.26. The number of piperidine rings is 1. The number of hydrogen-bond acceptors (Lipinski definition) is 4. The Hall–Kier alpha value is -3.16. The van der Waals surface area contributed by atoms with Gasteiger partial charge in [0, 0.05) is 24.3 Å². The Morgan fingerprint density at radius 3 is 2.19 bits per heavy atom. The molecular formula is C24H24N2O4S. The highest BCUT2D eigenvalue weighted by Gasteiger charge is 2.26. The van der Waals surface area contributed by atoms with E-state index in [2.05, 4.69) is 5.32 Å². The number of rotatable bonds is 6.